The first-order chi connectivity index (χ1) is 11.5. The Morgan fingerprint density at radius 3 is 2.75 bits per heavy atom. The molecule has 1 aliphatic carbocycles. The van der Waals surface area contributed by atoms with E-state index in [0.29, 0.717) is 30.2 Å². The molecule has 4 aliphatic rings. The van der Waals surface area contributed by atoms with Crippen LogP contribution in [0.5, 0.6) is 5.75 Å². The summed E-state index contributed by atoms with van der Waals surface area (Å²) >= 11 is 0. The minimum Gasteiger partial charge on any atom is -0.482 e. The van der Waals surface area contributed by atoms with Crippen molar-refractivity contribution >= 4 is 11.6 Å². The Kier molecular flexibility index (Phi) is 3.52. The maximum absolute atomic E-state index is 12.3. The van der Waals surface area contributed by atoms with Crippen LogP contribution < -0.4 is 15.4 Å². The number of amides is 1. The van der Waals surface area contributed by atoms with E-state index < -0.39 is 0 Å². The van der Waals surface area contributed by atoms with Gasteiger partial charge in [0.1, 0.15) is 5.75 Å². The summed E-state index contributed by atoms with van der Waals surface area (Å²) < 4.78 is 11.6. The standard InChI is InChI=1S/C18H21N3O3/c19-10-13-1-2-15-14(9-13)21(16(22)11-23-15)8-7-18-5-3-17(20,4-6-18)12-24-18/h1-2,9H,3-8,11-12,20H2. The van der Waals surface area contributed by atoms with Crippen molar-refractivity contribution in [2.24, 2.45) is 5.73 Å². The fourth-order valence-corrected chi connectivity index (χ4v) is 3.94. The van der Waals surface area contributed by atoms with Crippen LogP contribution >= 0.6 is 0 Å². The Labute approximate surface area is 141 Å². The largest absolute Gasteiger partial charge is 0.482 e. The third kappa shape index (κ3) is 2.54. The summed E-state index contributed by atoms with van der Waals surface area (Å²) in [4.78, 5) is 14.1. The van der Waals surface area contributed by atoms with Crippen molar-refractivity contribution in [3.8, 4) is 11.8 Å². The molecule has 0 atom stereocenters. The molecule has 24 heavy (non-hydrogen) atoms. The number of hydrogen-bond donors (Lipinski definition) is 1. The minimum atomic E-state index is -0.160. The molecular formula is C18H21N3O3. The molecule has 2 bridgehead atoms. The van der Waals surface area contributed by atoms with E-state index >= 15 is 0 Å². The number of nitriles is 1. The summed E-state index contributed by atoms with van der Waals surface area (Å²) in [5.41, 5.74) is 7.17. The lowest BCUT2D eigenvalue weighted by molar-refractivity contribution is -0.155. The summed E-state index contributed by atoms with van der Waals surface area (Å²) in [6.45, 7) is 1.22. The molecule has 126 valence electrons. The molecular weight excluding hydrogens is 306 g/mol. The lowest BCUT2D eigenvalue weighted by Gasteiger charge is -2.52. The van der Waals surface area contributed by atoms with Gasteiger partial charge >= 0.3 is 0 Å². The first-order valence-electron chi connectivity index (χ1n) is 8.43. The Bertz CT molecular complexity index is 700. The highest BCUT2D eigenvalue weighted by Gasteiger charge is 2.48. The smallest absolute Gasteiger partial charge is 0.265 e. The van der Waals surface area contributed by atoms with Crippen LogP contribution in [0.4, 0.5) is 5.69 Å². The van der Waals surface area contributed by atoms with Crippen molar-refractivity contribution in [3.63, 3.8) is 0 Å². The number of hydrogen-bond acceptors (Lipinski definition) is 5. The number of benzene rings is 1. The van der Waals surface area contributed by atoms with Gasteiger partial charge in [-0.3, -0.25) is 4.79 Å². The highest BCUT2D eigenvalue weighted by molar-refractivity contribution is 5.98. The fraction of sp³-hybridized carbons (Fsp3) is 0.556. The van der Waals surface area contributed by atoms with Crippen molar-refractivity contribution < 1.29 is 14.3 Å². The van der Waals surface area contributed by atoms with Gasteiger partial charge in [-0.05, 0) is 50.3 Å². The van der Waals surface area contributed by atoms with Gasteiger partial charge in [0.2, 0.25) is 0 Å². The second-order valence-corrected chi connectivity index (χ2v) is 7.21. The lowest BCUT2D eigenvalue weighted by Crippen LogP contribution is -2.60. The van der Waals surface area contributed by atoms with Gasteiger partial charge in [-0.2, -0.15) is 5.26 Å². The van der Waals surface area contributed by atoms with Crippen LogP contribution in [0.25, 0.3) is 0 Å². The number of nitrogens with zero attached hydrogens (tertiary/aromatic N) is 2. The average molecular weight is 327 g/mol. The molecule has 6 nitrogen and oxygen atoms in total. The summed E-state index contributed by atoms with van der Waals surface area (Å²) in [5, 5.41) is 9.11. The topological polar surface area (TPSA) is 88.6 Å². The molecule has 1 amide bonds. The van der Waals surface area contributed by atoms with E-state index in [1.807, 2.05) is 0 Å². The van der Waals surface area contributed by atoms with Gasteiger partial charge in [-0.15, -0.1) is 0 Å². The third-order valence-electron chi connectivity index (χ3n) is 5.64. The van der Waals surface area contributed by atoms with Gasteiger partial charge in [-0.25, -0.2) is 0 Å². The average Bonchev–Trinajstić information content (AvgIpc) is 2.62. The molecule has 5 rings (SSSR count). The van der Waals surface area contributed by atoms with Crippen LogP contribution in [0, 0.1) is 11.3 Å². The second kappa shape index (κ2) is 5.47. The lowest BCUT2D eigenvalue weighted by atomic mass is 9.70. The molecule has 0 aromatic heterocycles. The van der Waals surface area contributed by atoms with Gasteiger partial charge in [0.25, 0.3) is 5.91 Å². The van der Waals surface area contributed by atoms with E-state index in [4.69, 9.17) is 20.5 Å². The fourth-order valence-electron chi connectivity index (χ4n) is 3.94. The number of carbonyl (C=O) groups excluding carboxylic acids is 1. The van der Waals surface area contributed by atoms with Crippen LogP contribution in [-0.2, 0) is 9.53 Å². The SMILES string of the molecule is N#Cc1ccc2c(c1)N(CCC13CCC(N)(CC1)CO3)C(=O)CO2. The number of anilines is 1. The van der Waals surface area contributed by atoms with E-state index in [9.17, 15) is 4.79 Å². The van der Waals surface area contributed by atoms with Crippen LogP contribution in [0.1, 0.15) is 37.7 Å². The number of nitrogens with two attached hydrogens (primary N) is 1. The quantitative estimate of drug-likeness (QED) is 0.913. The van der Waals surface area contributed by atoms with Crippen molar-refractivity contribution in [2.75, 3.05) is 24.7 Å². The first kappa shape index (κ1) is 15.4. The summed E-state index contributed by atoms with van der Waals surface area (Å²) in [6, 6.07) is 7.30. The van der Waals surface area contributed by atoms with E-state index in [1.165, 1.54) is 0 Å². The third-order valence-corrected chi connectivity index (χ3v) is 5.64. The highest BCUT2D eigenvalue weighted by Crippen LogP contribution is 2.44. The molecule has 1 saturated carbocycles. The molecule has 2 N–H and O–H groups in total. The molecule has 0 spiro atoms. The zero-order valence-electron chi connectivity index (χ0n) is 13.6. The molecule has 2 saturated heterocycles. The van der Waals surface area contributed by atoms with Gasteiger partial charge in [0.05, 0.1) is 29.5 Å². The van der Waals surface area contributed by atoms with E-state index in [2.05, 4.69) is 6.07 Å². The Morgan fingerprint density at radius 1 is 1.29 bits per heavy atom. The van der Waals surface area contributed by atoms with E-state index in [-0.39, 0.29) is 23.7 Å². The molecule has 6 heteroatoms. The van der Waals surface area contributed by atoms with E-state index in [1.54, 1.807) is 23.1 Å². The molecule has 3 heterocycles. The van der Waals surface area contributed by atoms with Crippen molar-refractivity contribution in [1.82, 2.24) is 0 Å². The van der Waals surface area contributed by atoms with E-state index in [0.717, 1.165) is 32.1 Å². The number of ether oxygens (including phenoxy) is 2. The first-order valence-corrected chi connectivity index (χ1v) is 8.43. The molecule has 3 fully saturated rings. The number of rotatable bonds is 3. The predicted molar refractivity (Wildman–Crippen MR) is 87.7 cm³/mol. The zero-order valence-corrected chi connectivity index (χ0v) is 13.6. The Balaban J connectivity index is 1.53. The van der Waals surface area contributed by atoms with Crippen LogP contribution in [0.3, 0.4) is 0 Å². The molecule has 1 aromatic rings. The maximum Gasteiger partial charge on any atom is 0.265 e. The normalized spacial score (nSPS) is 31.3. The maximum atomic E-state index is 12.3. The number of carbonyl (C=O) groups is 1. The minimum absolute atomic E-state index is 0.0403. The highest BCUT2D eigenvalue weighted by atomic mass is 16.5. The Hall–Kier alpha value is -2.10. The molecule has 0 unspecified atom stereocenters. The summed E-state index contributed by atoms with van der Waals surface area (Å²) in [6.07, 6.45) is 4.66. The van der Waals surface area contributed by atoms with Gasteiger partial charge in [0, 0.05) is 12.1 Å². The zero-order chi connectivity index (χ0) is 16.8. The molecule has 1 aromatic carbocycles. The predicted octanol–water partition coefficient (Wildman–Crippen LogP) is 1.71. The van der Waals surface area contributed by atoms with Crippen molar-refractivity contribution in [3.05, 3.63) is 23.8 Å². The van der Waals surface area contributed by atoms with Crippen LogP contribution in [-0.4, -0.2) is 36.8 Å². The van der Waals surface area contributed by atoms with Gasteiger partial charge in [0.15, 0.2) is 6.61 Å². The second-order valence-electron chi connectivity index (χ2n) is 7.21. The molecule has 0 radical (unpaired) electrons. The van der Waals surface area contributed by atoms with Crippen molar-refractivity contribution in [2.45, 2.75) is 43.2 Å². The Morgan fingerprint density at radius 2 is 2.08 bits per heavy atom. The summed E-state index contributed by atoms with van der Waals surface area (Å²) in [7, 11) is 0. The van der Waals surface area contributed by atoms with Crippen LogP contribution in [0.2, 0.25) is 0 Å². The summed E-state index contributed by atoms with van der Waals surface area (Å²) in [5.74, 6) is 0.578. The van der Waals surface area contributed by atoms with Gasteiger partial charge in [-0.1, -0.05) is 0 Å². The van der Waals surface area contributed by atoms with Crippen molar-refractivity contribution in [1.29, 1.82) is 5.26 Å². The molecule has 3 aliphatic heterocycles. The van der Waals surface area contributed by atoms with Gasteiger partial charge < -0.3 is 20.1 Å². The monoisotopic (exact) mass is 327 g/mol. The number of fused-ring (bicyclic) bond motifs is 4. The van der Waals surface area contributed by atoms with Crippen LogP contribution in [0.15, 0.2) is 18.2 Å².